The number of sulfonamides is 1. The summed E-state index contributed by atoms with van der Waals surface area (Å²) < 4.78 is 41.3. The first kappa shape index (κ1) is 23.9. The summed E-state index contributed by atoms with van der Waals surface area (Å²) in [5.41, 5.74) is 2.48. The van der Waals surface area contributed by atoms with Crippen molar-refractivity contribution in [2.75, 3.05) is 0 Å². The van der Waals surface area contributed by atoms with E-state index in [1.54, 1.807) is 32.1 Å². The summed E-state index contributed by atoms with van der Waals surface area (Å²) in [6, 6.07) is 17.6. The van der Waals surface area contributed by atoms with E-state index < -0.39 is 32.9 Å². The van der Waals surface area contributed by atoms with Gasteiger partial charge in [-0.1, -0.05) is 74.5 Å². The molecule has 2 N–H and O–H groups in total. The van der Waals surface area contributed by atoms with Gasteiger partial charge in [0.25, 0.3) is 0 Å². The lowest BCUT2D eigenvalue weighted by Gasteiger charge is -2.33. The summed E-state index contributed by atoms with van der Waals surface area (Å²) in [5, 5.41) is 10.4. The second-order valence-electron chi connectivity index (χ2n) is 8.60. The molecule has 0 aliphatic heterocycles. The molecule has 1 heterocycles. The smallest absolute Gasteiger partial charge is 0.321 e. The quantitative estimate of drug-likeness (QED) is 0.458. The summed E-state index contributed by atoms with van der Waals surface area (Å²) in [5.74, 6) is -1.23. The van der Waals surface area contributed by atoms with Gasteiger partial charge in [0.05, 0.1) is 0 Å². The van der Waals surface area contributed by atoms with Gasteiger partial charge in [0, 0.05) is 11.8 Å². The van der Waals surface area contributed by atoms with E-state index in [9.17, 15) is 18.3 Å². The van der Waals surface area contributed by atoms with Crippen LogP contribution >= 0.6 is 0 Å². The first-order chi connectivity index (χ1) is 16.2. The van der Waals surface area contributed by atoms with E-state index in [-0.39, 0.29) is 13.0 Å². The number of nitrogens with one attached hydrogen (secondary N) is 1. The minimum Gasteiger partial charge on any atom is -0.480 e. The zero-order valence-corrected chi connectivity index (χ0v) is 19.8. The number of aliphatic carboxylic acids is 1. The first-order valence-corrected chi connectivity index (χ1v) is 12.5. The van der Waals surface area contributed by atoms with Crippen molar-refractivity contribution in [1.29, 1.82) is 0 Å². The molecule has 2 unspecified atom stereocenters. The highest BCUT2D eigenvalue weighted by atomic mass is 32.2. The molecule has 0 amide bonds. The molecule has 0 fully saturated rings. The predicted octanol–water partition coefficient (Wildman–Crippen LogP) is 4.72. The SMILES string of the molecule is CC(C)C(NS(=O)(=O)C1(OCc2cc3ccccc3o2)C=CC(c2ccccc2)=CC1)C(=O)O. The second-order valence-corrected chi connectivity index (χ2v) is 10.5. The van der Waals surface area contributed by atoms with Crippen LogP contribution in [-0.4, -0.2) is 30.5 Å². The summed E-state index contributed by atoms with van der Waals surface area (Å²) in [6.45, 7) is 3.19. The number of furan rings is 1. The van der Waals surface area contributed by atoms with Crippen LogP contribution in [0.15, 0.2) is 83.3 Å². The highest BCUT2D eigenvalue weighted by Crippen LogP contribution is 2.35. The molecule has 2 aromatic carbocycles. The molecule has 1 aromatic heterocycles. The average Bonchev–Trinajstić information content (AvgIpc) is 3.25. The molecule has 3 aromatic rings. The van der Waals surface area contributed by atoms with Gasteiger partial charge >= 0.3 is 5.97 Å². The first-order valence-electron chi connectivity index (χ1n) is 11.0. The van der Waals surface area contributed by atoms with Crippen LogP contribution in [0.2, 0.25) is 0 Å². The lowest BCUT2D eigenvalue weighted by atomic mass is 9.98. The van der Waals surface area contributed by atoms with Crippen LogP contribution in [0.25, 0.3) is 16.5 Å². The third-order valence-electron chi connectivity index (χ3n) is 5.84. The summed E-state index contributed by atoms with van der Waals surface area (Å²) in [6.07, 6.45) is 4.98. The Morgan fingerprint density at radius 2 is 1.85 bits per heavy atom. The monoisotopic (exact) mass is 481 g/mol. The molecular formula is C26H27NO6S. The minimum absolute atomic E-state index is 0.00766. The normalized spacial score (nSPS) is 19.3. The van der Waals surface area contributed by atoms with Crippen LogP contribution in [0, 0.1) is 5.92 Å². The van der Waals surface area contributed by atoms with Crippen molar-refractivity contribution in [2.45, 2.75) is 37.9 Å². The fourth-order valence-corrected chi connectivity index (χ4v) is 5.54. The van der Waals surface area contributed by atoms with Crippen molar-refractivity contribution in [2.24, 2.45) is 5.92 Å². The number of rotatable bonds is 9. The Hall–Kier alpha value is -3.20. The number of carbonyl (C=O) groups is 1. The van der Waals surface area contributed by atoms with E-state index in [2.05, 4.69) is 4.72 Å². The van der Waals surface area contributed by atoms with Crippen molar-refractivity contribution in [3.63, 3.8) is 0 Å². The molecule has 0 bridgehead atoms. The van der Waals surface area contributed by atoms with E-state index in [0.29, 0.717) is 11.3 Å². The van der Waals surface area contributed by atoms with Crippen LogP contribution in [0.4, 0.5) is 0 Å². The lowest BCUT2D eigenvalue weighted by Crippen LogP contribution is -2.54. The van der Waals surface area contributed by atoms with Gasteiger partial charge in [-0.05, 0) is 35.3 Å². The Morgan fingerprint density at radius 3 is 2.47 bits per heavy atom. The van der Waals surface area contributed by atoms with E-state index in [1.807, 2.05) is 54.6 Å². The zero-order chi connectivity index (χ0) is 24.3. The molecule has 34 heavy (non-hydrogen) atoms. The maximum absolute atomic E-state index is 13.6. The standard InChI is InChI=1S/C26H27NO6S/c1-18(2)24(25(28)29)27-34(30,31)26(14-12-20(13-15-26)19-8-4-3-5-9-19)32-17-22-16-21-10-6-7-11-23(21)33-22/h3-14,16,18,24,27H,15,17H2,1-2H3,(H,28,29). The Bertz CT molecular complexity index is 1310. The number of fused-ring (bicyclic) bond motifs is 1. The highest BCUT2D eigenvalue weighted by Gasteiger charge is 2.46. The van der Waals surface area contributed by atoms with Gasteiger partial charge in [0.1, 0.15) is 24.0 Å². The van der Waals surface area contributed by atoms with Gasteiger partial charge in [-0.2, -0.15) is 4.72 Å². The Kier molecular flexibility index (Phi) is 6.74. The van der Waals surface area contributed by atoms with Crippen molar-refractivity contribution < 1.29 is 27.5 Å². The van der Waals surface area contributed by atoms with Crippen molar-refractivity contribution in [3.05, 3.63) is 90.2 Å². The fourth-order valence-electron chi connectivity index (χ4n) is 3.87. The van der Waals surface area contributed by atoms with Gasteiger partial charge < -0.3 is 14.3 Å². The number of para-hydroxylation sites is 1. The van der Waals surface area contributed by atoms with Crippen molar-refractivity contribution in [3.8, 4) is 0 Å². The van der Waals surface area contributed by atoms with Crippen molar-refractivity contribution in [1.82, 2.24) is 4.72 Å². The Balaban J connectivity index is 1.65. The molecule has 8 heteroatoms. The number of carboxylic acids is 1. The lowest BCUT2D eigenvalue weighted by molar-refractivity contribution is -0.140. The van der Waals surface area contributed by atoms with Crippen molar-refractivity contribution >= 4 is 32.5 Å². The topological polar surface area (TPSA) is 106 Å². The third-order valence-corrected chi connectivity index (χ3v) is 7.73. The largest absolute Gasteiger partial charge is 0.480 e. The van der Waals surface area contributed by atoms with Crippen LogP contribution in [0.1, 0.15) is 31.6 Å². The molecule has 1 aliphatic carbocycles. The van der Waals surface area contributed by atoms with E-state index >= 15 is 0 Å². The number of allylic oxidation sites excluding steroid dienone is 2. The Labute approximate surface area is 198 Å². The molecule has 0 radical (unpaired) electrons. The maximum Gasteiger partial charge on any atom is 0.321 e. The predicted molar refractivity (Wildman–Crippen MR) is 130 cm³/mol. The van der Waals surface area contributed by atoms with E-state index in [0.717, 1.165) is 16.5 Å². The summed E-state index contributed by atoms with van der Waals surface area (Å²) in [7, 11) is -4.27. The van der Waals surface area contributed by atoms with Crippen LogP contribution in [-0.2, 0) is 26.2 Å². The second kappa shape index (κ2) is 9.58. The molecule has 0 saturated carbocycles. The highest BCUT2D eigenvalue weighted by molar-refractivity contribution is 7.91. The third kappa shape index (κ3) is 4.84. The van der Waals surface area contributed by atoms with Gasteiger partial charge in [-0.25, -0.2) is 8.42 Å². The van der Waals surface area contributed by atoms with Gasteiger partial charge in [0.15, 0.2) is 0 Å². The number of benzene rings is 2. The van der Waals surface area contributed by atoms with Gasteiger partial charge in [-0.15, -0.1) is 0 Å². The molecular weight excluding hydrogens is 454 g/mol. The van der Waals surface area contributed by atoms with Crippen LogP contribution < -0.4 is 4.72 Å². The molecule has 1 aliphatic rings. The summed E-state index contributed by atoms with van der Waals surface area (Å²) in [4.78, 5) is 9.91. The molecule has 2 atom stereocenters. The van der Waals surface area contributed by atoms with Crippen LogP contribution in [0.5, 0.6) is 0 Å². The Morgan fingerprint density at radius 1 is 1.15 bits per heavy atom. The average molecular weight is 482 g/mol. The maximum atomic E-state index is 13.6. The van der Waals surface area contributed by atoms with E-state index in [1.165, 1.54) is 6.08 Å². The number of ether oxygens (including phenoxy) is 1. The fraction of sp³-hybridized carbons (Fsp3) is 0.269. The number of carboxylic acid groups (broad SMARTS) is 1. The number of hydrogen-bond donors (Lipinski definition) is 2. The molecule has 178 valence electrons. The van der Waals surface area contributed by atoms with E-state index in [4.69, 9.17) is 9.15 Å². The van der Waals surface area contributed by atoms with Gasteiger partial charge in [-0.3, -0.25) is 4.79 Å². The molecule has 4 rings (SSSR count). The molecule has 0 spiro atoms. The molecule has 0 saturated heterocycles. The van der Waals surface area contributed by atoms with Gasteiger partial charge in [0.2, 0.25) is 15.0 Å². The summed E-state index contributed by atoms with van der Waals surface area (Å²) >= 11 is 0. The molecule has 7 nitrogen and oxygen atoms in total. The zero-order valence-electron chi connectivity index (χ0n) is 19.0. The minimum atomic E-state index is -4.27. The number of hydrogen-bond acceptors (Lipinski definition) is 5. The van der Waals surface area contributed by atoms with Crippen LogP contribution in [0.3, 0.4) is 0 Å².